The number of amides is 2. The summed E-state index contributed by atoms with van der Waals surface area (Å²) in [6.07, 6.45) is 0. The highest BCUT2D eigenvalue weighted by atomic mass is 35.5. The molecule has 0 heterocycles. The first-order chi connectivity index (χ1) is 11.8. The molecule has 2 aromatic rings. The quantitative estimate of drug-likeness (QED) is 0.816. The monoisotopic (exact) mass is 382 g/mol. The Labute approximate surface area is 155 Å². The highest BCUT2D eigenvalue weighted by molar-refractivity contribution is 6.33. The lowest BCUT2D eigenvalue weighted by Gasteiger charge is -2.19. The van der Waals surface area contributed by atoms with Gasteiger partial charge < -0.3 is 10.6 Å². The molecule has 0 saturated carbocycles. The standard InChI is InChI=1S/C18H17Cl2FN2O2/c1-10(12-7-8-16(21)15(20)9-12)22-17(24)11(2)23-18(25)13-5-3-4-6-14(13)19/h3-11H,1-2H3,(H,22,24)(H,23,25)/t10-,11-/m1/s1. The van der Waals surface area contributed by atoms with E-state index in [1.807, 2.05) is 0 Å². The van der Waals surface area contributed by atoms with Crippen LogP contribution in [0.4, 0.5) is 4.39 Å². The van der Waals surface area contributed by atoms with E-state index >= 15 is 0 Å². The van der Waals surface area contributed by atoms with E-state index < -0.39 is 23.8 Å². The zero-order valence-electron chi connectivity index (χ0n) is 13.6. The van der Waals surface area contributed by atoms with Crippen LogP contribution in [0.2, 0.25) is 10.0 Å². The number of halogens is 3. The van der Waals surface area contributed by atoms with E-state index in [9.17, 15) is 14.0 Å². The number of benzene rings is 2. The first kappa shape index (κ1) is 19.2. The SMILES string of the molecule is C[C@@H](NC(=O)c1ccccc1Cl)C(=O)N[C@H](C)c1ccc(F)c(Cl)c1. The first-order valence-electron chi connectivity index (χ1n) is 7.60. The number of rotatable bonds is 5. The molecule has 0 aliphatic rings. The van der Waals surface area contributed by atoms with Crippen LogP contribution in [0.1, 0.15) is 35.8 Å². The van der Waals surface area contributed by atoms with Gasteiger partial charge in [0.05, 0.1) is 21.7 Å². The molecule has 0 radical (unpaired) electrons. The van der Waals surface area contributed by atoms with E-state index in [-0.39, 0.29) is 10.9 Å². The first-order valence-corrected chi connectivity index (χ1v) is 8.36. The maximum Gasteiger partial charge on any atom is 0.253 e. The fraction of sp³-hybridized carbons (Fsp3) is 0.222. The van der Waals surface area contributed by atoms with Gasteiger partial charge in [0, 0.05) is 0 Å². The van der Waals surface area contributed by atoms with Crippen molar-refractivity contribution < 1.29 is 14.0 Å². The lowest BCUT2D eigenvalue weighted by Crippen LogP contribution is -2.45. The lowest BCUT2D eigenvalue weighted by molar-refractivity contribution is -0.123. The predicted octanol–water partition coefficient (Wildman–Crippen LogP) is 4.13. The molecule has 0 spiro atoms. The Bertz CT molecular complexity index is 798. The average Bonchev–Trinajstić information content (AvgIpc) is 2.57. The molecular weight excluding hydrogens is 366 g/mol. The molecule has 132 valence electrons. The van der Waals surface area contributed by atoms with Gasteiger partial charge in [0.25, 0.3) is 5.91 Å². The second-order valence-electron chi connectivity index (χ2n) is 5.58. The third-order valence-electron chi connectivity index (χ3n) is 3.66. The van der Waals surface area contributed by atoms with Gasteiger partial charge in [-0.05, 0) is 43.7 Å². The summed E-state index contributed by atoms with van der Waals surface area (Å²) in [5.74, 6) is -1.34. The van der Waals surface area contributed by atoms with E-state index in [1.54, 1.807) is 44.2 Å². The van der Waals surface area contributed by atoms with Crippen LogP contribution in [-0.4, -0.2) is 17.9 Å². The van der Waals surface area contributed by atoms with Gasteiger partial charge in [0.15, 0.2) is 0 Å². The van der Waals surface area contributed by atoms with Crippen molar-refractivity contribution in [3.05, 3.63) is 69.5 Å². The lowest BCUT2D eigenvalue weighted by atomic mass is 10.1. The van der Waals surface area contributed by atoms with E-state index in [1.165, 1.54) is 12.1 Å². The summed E-state index contributed by atoms with van der Waals surface area (Å²) in [6.45, 7) is 3.30. The van der Waals surface area contributed by atoms with Gasteiger partial charge in [-0.1, -0.05) is 41.4 Å². The van der Waals surface area contributed by atoms with Gasteiger partial charge in [-0.15, -0.1) is 0 Å². The van der Waals surface area contributed by atoms with Gasteiger partial charge in [-0.2, -0.15) is 0 Å². The molecule has 0 unspecified atom stereocenters. The van der Waals surface area contributed by atoms with Crippen LogP contribution < -0.4 is 10.6 Å². The molecule has 0 bridgehead atoms. The molecule has 7 heteroatoms. The van der Waals surface area contributed by atoms with Gasteiger partial charge in [0.2, 0.25) is 5.91 Å². The van der Waals surface area contributed by atoms with Crippen molar-refractivity contribution in [2.45, 2.75) is 25.9 Å². The van der Waals surface area contributed by atoms with Crippen molar-refractivity contribution in [3.8, 4) is 0 Å². The van der Waals surface area contributed by atoms with Crippen molar-refractivity contribution in [3.63, 3.8) is 0 Å². The maximum absolute atomic E-state index is 13.2. The average molecular weight is 383 g/mol. The summed E-state index contributed by atoms with van der Waals surface area (Å²) in [5, 5.41) is 5.63. The number of carbonyl (C=O) groups is 2. The molecule has 0 aliphatic carbocycles. The molecule has 0 aliphatic heterocycles. The second kappa shape index (κ2) is 8.32. The third kappa shape index (κ3) is 4.94. The Hall–Kier alpha value is -2.11. The van der Waals surface area contributed by atoms with Crippen LogP contribution in [-0.2, 0) is 4.79 Å². The molecule has 2 aromatic carbocycles. The number of carbonyl (C=O) groups excluding carboxylic acids is 2. The Morgan fingerprint density at radius 3 is 2.32 bits per heavy atom. The van der Waals surface area contributed by atoms with Crippen molar-refractivity contribution in [2.24, 2.45) is 0 Å². The molecule has 2 N–H and O–H groups in total. The van der Waals surface area contributed by atoms with Crippen LogP contribution in [0.25, 0.3) is 0 Å². The molecule has 0 fully saturated rings. The summed E-state index contributed by atoms with van der Waals surface area (Å²) in [6, 6.07) is 9.63. The molecule has 2 amide bonds. The number of nitrogens with one attached hydrogen (secondary N) is 2. The van der Waals surface area contributed by atoms with Crippen molar-refractivity contribution in [1.82, 2.24) is 10.6 Å². The Balaban J connectivity index is 1.99. The molecule has 0 aromatic heterocycles. The smallest absolute Gasteiger partial charge is 0.253 e. The van der Waals surface area contributed by atoms with Crippen molar-refractivity contribution >= 4 is 35.0 Å². The predicted molar refractivity (Wildman–Crippen MR) is 96.3 cm³/mol. The maximum atomic E-state index is 13.2. The molecule has 2 atom stereocenters. The normalized spacial score (nSPS) is 13.0. The topological polar surface area (TPSA) is 58.2 Å². The minimum Gasteiger partial charge on any atom is -0.348 e. The van der Waals surface area contributed by atoms with Gasteiger partial charge >= 0.3 is 0 Å². The van der Waals surface area contributed by atoms with E-state index in [4.69, 9.17) is 23.2 Å². The van der Waals surface area contributed by atoms with Gasteiger partial charge in [0.1, 0.15) is 11.9 Å². The fourth-order valence-corrected chi connectivity index (χ4v) is 2.60. The summed E-state index contributed by atoms with van der Waals surface area (Å²) >= 11 is 11.7. The van der Waals surface area contributed by atoms with Gasteiger partial charge in [-0.25, -0.2) is 4.39 Å². The second-order valence-corrected chi connectivity index (χ2v) is 6.39. The van der Waals surface area contributed by atoms with E-state index in [2.05, 4.69) is 10.6 Å². The number of hydrogen-bond donors (Lipinski definition) is 2. The van der Waals surface area contributed by atoms with Crippen LogP contribution in [0.3, 0.4) is 0 Å². The Morgan fingerprint density at radius 1 is 1.00 bits per heavy atom. The highest BCUT2D eigenvalue weighted by Crippen LogP contribution is 2.21. The van der Waals surface area contributed by atoms with Gasteiger partial charge in [-0.3, -0.25) is 9.59 Å². The summed E-state index contributed by atoms with van der Waals surface area (Å²) < 4.78 is 13.2. The Kier molecular flexibility index (Phi) is 6.39. The van der Waals surface area contributed by atoms with E-state index in [0.29, 0.717) is 16.1 Å². The third-order valence-corrected chi connectivity index (χ3v) is 4.28. The summed E-state index contributed by atoms with van der Waals surface area (Å²) in [7, 11) is 0. The van der Waals surface area contributed by atoms with Crippen LogP contribution in [0.5, 0.6) is 0 Å². The van der Waals surface area contributed by atoms with Crippen molar-refractivity contribution in [1.29, 1.82) is 0 Å². The highest BCUT2D eigenvalue weighted by Gasteiger charge is 2.20. The Morgan fingerprint density at radius 2 is 1.68 bits per heavy atom. The fourth-order valence-electron chi connectivity index (χ4n) is 2.19. The number of hydrogen-bond acceptors (Lipinski definition) is 2. The molecular formula is C18H17Cl2FN2O2. The van der Waals surface area contributed by atoms with E-state index in [0.717, 1.165) is 0 Å². The summed E-state index contributed by atoms with van der Waals surface area (Å²) in [4.78, 5) is 24.4. The molecule has 2 rings (SSSR count). The zero-order valence-corrected chi connectivity index (χ0v) is 15.2. The van der Waals surface area contributed by atoms with Crippen molar-refractivity contribution in [2.75, 3.05) is 0 Å². The zero-order chi connectivity index (χ0) is 18.6. The molecule has 0 saturated heterocycles. The largest absolute Gasteiger partial charge is 0.348 e. The summed E-state index contributed by atoms with van der Waals surface area (Å²) in [5.41, 5.74) is 0.951. The molecule has 4 nitrogen and oxygen atoms in total. The van der Waals surface area contributed by atoms with Crippen LogP contribution in [0.15, 0.2) is 42.5 Å². The van der Waals surface area contributed by atoms with Crippen LogP contribution >= 0.6 is 23.2 Å². The minimum atomic E-state index is -0.776. The van der Waals surface area contributed by atoms with Crippen LogP contribution in [0, 0.1) is 5.82 Å². The molecule has 25 heavy (non-hydrogen) atoms. The minimum absolute atomic E-state index is 0.0151.